The zero-order valence-corrected chi connectivity index (χ0v) is 10.7. The Hall–Kier alpha value is -1.13. The van der Waals surface area contributed by atoms with Gasteiger partial charge in [-0.3, -0.25) is 4.79 Å². The molecule has 1 atom stereocenters. The van der Waals surface area contributed by atoms with Crippen LogP contribution >= 0.6 is 11.6 Å². The van der Waals surface area contributed by atoms with Crippen LogP contribution in [0.15, 0.2) is 18.2 Å². The third-order valence-electron chi connectivity index (χ3n) is 3.05. The highest BCUT2D eigenvalue weighted by Gasteiger charge is 2.27. The summed E-state index contributed by atoms with van der Waals surface area (Å²) in [4.78, 5) is 11.9. The van der Waals surface area contributed by atoms with Crippen LogP contribution in [0.25, 0.3) is 0 Å². The highest BCUT2D eigenvalue weighted by atomic mass is 35.5. The zero-order chi connectivity index (χ0) is 13.1. The summed E-state index contributed by atoms with van der Waals surface area (Å²) >= 11 is 5.71. The van der Waals surface area contributed by atoms with Crippen LogP contribution in [0.3, 0.4) is 0 Å². The van der Waals surface area contributed by atoms with Gasteiger partial charge in [0.05, 0.1) is 10.9 Å². The number of nitrogens with two attached hydrogens (primary N) is 1. The molecule has 1 amide bonds. The van der Waals surface area contributed by atoms with E-state index in [2.05, 4.69) is 5.32 Å². The number of hydrogen-bond acceptors (Lipinski definition) is 2. The maximum atomic E-state index is 13.0. The van der Waals surface area contributed by atoms with Crippen LogP contribution in [0.4, 0.5) is 4.39 Å². The van der Waals surface area contributed by atoms with E-state index in [1.165, 1.54) is 6.07 Å². The molecule has 0 aromatic heterocycles. The minimum atomic E-state index is -0.452. The van der Waals surface area contributed by atoms with Crippen molar-refractivity contribution in [2.45, 2.75) is 25.3 Å². The standard InChI is InChI=1S/C13H16ClFN2O/c14-11-6-8(1-4-12(11)15)5-9(7-16)13(18)17-10-2-3-10/h1,4,6,9-10H,2-3,5,7,16H2,(H,17,18). The molecular weight excluding hydrogens is 255 g/mol. The lowest BCUT2D eigenvalue weighted by atomic mass is 9.98. The van der Waals surface area contributed by atoms with E-state index in [9.17, 15) is 9.18 Å². The predicted molar refractivity (Wildman–Crippen MR) is 68.8 cm³/mol. The summed E-state index contributed by atoms with van der Waals surface area (Å²) in [6, 6.07) is 4.81. The average Bonchev–Trinajstić information content (AvgIpc) is 3.14. The molecule has 1 aliphatic rings. The van der Waals surface area contributed by atoms with Gasteiger partial charge in [-0.1, -0.05) is 17.7 Å². The van der Waals surface area contributed by atoms with Crippen LogP contribution in [-0.4, -0.2) is 18.5 Å². The van der Waals surface area contributed by atoms with Crippen molar-refractivity contribution in [2.75, 3.05) is 6.54 Å². The van der Waals surface area contributed by atoms with Crippen molar-refractivity contribution in [3.8, 4) is 0 Å². The van der Waals surface area contributed by atoms with Crippen molar-refractivity contribution in [3.63, 3.8) is 0 Å². The first kappa shape index (κ1) is 13.3. The Labute approximate surface area is 111 Å². The molecule has 1 aromatic carbocycles. The maximum Gasteiger partial charge on any atom is 0.224 e. The van der Waals surface area contributed by atoms with E-state index in [-0.39, 0.29) is 23.4 Å². The van der Waals surface area contributed by atoms with Gasteiger partial charge in [0.15, 0.2) is 0 Å². The van der Waals surface area contributed by atoms with Gasteiger partial charge in [-0.2, -0.15) is 0 Å². The molecule has 1 fully saturated rings. The summed E-state index contributed by atoms with van der Waals surface area (Å²) in [5.74, 6) is -0.764. The average molecular weight is 271 g/mol. The first-order chi connectivity index (χ1) is 8.60. The summed E-state index contributed by atoms with van der Waals surface area (Å²) < 4.78 is 13.0. The molecule has 3 N–H and O–H groups in total. The molecule has 5 heteroatoms. The van der Waals surface area contributed by atoms with Crippen molar-refractivity contribution in [2.24, 2.45) is 11.7 Å². The Bertz CT molecular complexity index is 449. The van der Waals surface area contributed by atoms with Gasteiger partial charge in [-0.15, -0.1) is 0 Å². The van der Waals surface area contributed by atoms with Crippen LogP contribution in [-0.2, 0) is 11.2 Å². The molecule has 0 heterocycles. The molecule has 1 aromatic rings. The van der Waals surface area contributed by atoms with Crippen LogP contribution in [0.5, 0.6) is 0 Å². The third kappa shape index (κ3) is 3.43. The van der Waals surface area contributed by atoms with Gasteiger partial charge >= 0.3 is 0 Å². The topological polar surface area (TPSA) is 55.1 Å². The molecule has 1 aliphatic carbocycles. The fourth-order valence-corrected chi connectivity index (χ4v) is 1.98. The van der Waals surface area contributed by atoms with E-state index in [0.29, 0.717) is 12.5 Å². The Kier molecular flexibility index (Phi) is 4.19. The molecule has 0 bridgehead atoms. The normalized spacial score (nSPS) is 16.4. The van der Waals surface area contributed by atoms with E-state index in [0.717, 1.165) is 18.4 Å². The van der Waals surface area contributed by atoms with Gasteiger partial charge < -0.3 is 11.1 Å². The van der Waals surface area contributed by atoms with E-state index >= 15 is 0 Å². The van der Waals surface area contributed by atoms with Crippen LogP contribution in [0, 0.1) is 11.7 Å². The molecule has 0 aliphatic heterocycles. The second-order valence-electron chi connectivity index (χ2n) is 4.67. The quantitative estimate of drug-likeness (QED) is 0.858. The summed E-state index contributed by atoms with van der Waals surface area (Å²) in [5, 5.41) is 3.00. The summed E-state index contributed by atoms with van der Waals surface area (Å²) in [6.07, 6.45) is 2.58. The maximum absolute atomic E-state index is 13.0. The molecule has 0 spiro atoms. The van der Waals surface area contributed by atoms with Crippen molar-refractivity contribution in [1.82, 2.24) is 5.32 Å². The smallest absolute Gasteiger partial charge is 0.224 e. The van der Waals surface area contributed by atoms with Crippen LogP contribution < -0.4 is 11.1 Å². The minimum absolute atomic E-state index is 0.0274. The second kappa shape index (κ2) is 5.67. The highest BCUT2D eigenvalue weighted by molar-refractivity contribution is 6.30. The minimum Gasteiger partial charge on any atom is -0.353 e. The van der Waals surface area contributed by atoms with Crippen LogP contribution in [0.2, 0.25) is 5.02 Å². The van der Waals surface area contributed by atoms with Gasteiger partial charge in [-0.05, 0) is 37.0 Å². The SMILES string of the molecule is NCC(Cc1ccc(F)c(Cl)c1)C(=O)NC1CC1. The largest absolute Gasteiger partial charge is 0.353 e. The Morgan fingerprint density at radius 1 is 1.56 bits per heavy atom. The summed E-state index contributed by atoms with van der Waals surface area (Å²) in [6.45, 7) is 0.271. The highest BCUT2D eigenvalue weighted by Crippen LogP contribution is 2.21. The number of rotatable bonds is 5. The lowest BCUT2D eigenvalue weighted by Gasteiger charge is -2.14. The van der Waals surface area contributed by atoms with Crippen molar-refractivity contribution < 1.29 is 9.18 Å². The summed E-state index contributed by atoms with van der Waals surface area (Å²) in [5.41, 5.74) is 6.44. The first-order valence-electron chi connectivity index (χ1n) is 6.04. The molecule has 18 heavy (non-hydrogen) atoms. The Morgan fingerprint density at radius 2 is 2.28 bits per heavy atom. The van der Waals surface area contributed by atoms with Gasteiger partial charge in [0.25, 0.3) is 0 Å². The molecule has 2 rings (SSSR count). The van der Waals surface area contributed by atoms with Gasteiger partial charge in [-0.25, -0.2) is 4.39 Å². The molecule has 0 saturated heterocycles. The number of carbonyl (C=O) groups is 1. The Morgan fingerprint density at radius 3 is 2.83 bits per heavy atom. The molecule has 1 saturated carbocycles. The third-order valence-corrected chi connectivity index (χ3v) is 3.33. The Balaban J connectivity index is 1.99. The number of nitrogens with one attached hydrogen (secondary N) is 1. The van der Waals surface area contributed by atoms with Gasteiger partial charge in [0, 0.05) is 12.6 Å². The van der Waals surface area contributed by atoms with E-state index in [1.54, 1.807) is 12.1 Å². The van der Waals surface area contributed by atoms with E-state index in [4.69, 9.17) is 17.3 Å². The molecular formula is C13H16ClFN2O. The number of amides is 1. The van der Waals surface area contributed by atoms with Gasteiger partial charge in [0.2, 0.25) is 5.91 Å². The predicted octanol–water partition coefficient (Wildman–Crippen LogP) is 1.88. The number of carbonyl (C=O) groups excluding carboxylic acids is 1. The van der Waals surface area contributed by atoms with Gasteiger partial charge in [0.1, 0.15) is 5.82 Å². The molecule has 1 unspecified atom stereocenters. The first-order valence-corrected chi connectivity index (χ1v) is 6.42. The number of halogens is 2. The second-order valence-corrected chi connectivity index (χ2v) is 5.08. The lowest BCUT2D eigenvalue weighted by Crippen LogP contribution is -2.37. The number of hydrogen-bond donors (Lipinski definition) is 2. The monoisotopic (exact) mass is 270 g/mol. The molecule has 3 nitrogen and oxygen atoms in total. The van der Waals surface area contributed by atoms with Crippen LogP contribution in [0.1, 0.15) is 18.4 Å². The van der Waals surface area contributed by atoms with Crippen molar-refractivity contribution in [1.29, 1.82) is 0 Å². The van der Waals surface area contributed by atoms with E-state index in [1.807, 2.05) is 0 Å². The number of benzene rings is 1. The molecule has 98 valence electrons. The van der Waals surface area contributed by atoms with Crippen molar-refractivity contribution in [3.05, 3.63) is 34.6 Å². The van der Waals surface area contributed by atoms with Crippen molar-refractivity contribution >= 4 is 17.5 Å². The fourth-order valence-electron chi connectivity index (χ4n) is 1.78. The summed E-state index contributed by atoms with van der Waals surface area (Å²) in [7, 11) is 0. The zero-order valence-electron chi connectivity index (χ0n) is 9.96. The molecule has 0 radical (unpaired) electrons. The van der Waals surface area contributed by atoms with E-state index < -0.39 is 5.82 Å². The fraction of sp³-hybridized carbons (Fsp3) is 0.462. The lowest BCUT2D eigenvalue weighted by molar-refractivity contribution is -0.124.